The van der Waals surface area contributed by atoms with Gasteiger partial charge in [0.2, 0.25) is 0 Å². The maximum absolute atomic E-state index is 11.7. The number of nitrogens with one attached hydrogen (secondary N) is 1. The van der Waals surface area contributed by atoms with Crippen molar-refractivity contribution >= 4 is 11.6 Å². The Hall–Kier alpha value is -1.52. The number of aryl methyl sites for hydroxylation is 1. The van der Waals surface area contributed by atoms with Crippen molar-refractivity contribution in [3.05, 3.63) is 11.9 Å². The van der Waals surface area contributed by atoms with Gasteiger partial charge in [0.15, 0.2) is 0 Å². The largest absolute Gasteiger partial charge is 0.396 e. The number of hydrogen-bond acceptors (Lipinski definition) is 3. The summed E-state index contributed by atoms with van der Waals surface area (Å²) < 4.78 is 1.48. The number of carbonyl (C=O) groups is 1. The van der Waals surface area contributed by atoms with Crippen LogP contribution in [0.2, 0.25) is 0 Å². The third kappa shape index (κ3) is 2.04. The quantitative estimate of drug-likeness (QED) is 0.740. The summed E-state index contributed by atoms with van der Waals surface area (Å²) in [5, 5.41) is 6.74. The van der Waals surface area contributed by atoms with Gasteiger partial charge in [-0.2, -0.15) is 5.10 Å². The van der Waals surface area contributed by atoms with Crippen molar-refractivity contribution < 1.29 is 4.79 Å². The summed E-state index contributed by atoms with van der Waals surface area (Å²) in [4.78, 5) is 11.7. The van der Waals surface area contributed by atoms with Crippen molar-refractivity contribution in [2.45, 2.75) is 26.3 Å². The van der Waals surface area contributed by atoms with E-state index in [-0.39, 0.29) is 11.9 Å². The van der Waals surface area contributed by atoms with Crippen LogP contribution in [0.25, 0.3) is 0 Å². The molecule has 0 fully saturated rings. The molecule has 1 unspecified atom stereocenters. The zero-order valence-corrected chi connectivity index (χ0v) is 8.74. The van der Waals surface area contributed by atoms with Crippen molar-refractivity contribution in [3.63, 3.8) is 0 Å². The predicted octanol–water partition coefficient (Wildman–Crippen LogP) is 0.531. The second-order valence-corrected chi connectivity index (χ2v) is 3.35. The van der Waals surface area contributed by atoms with E-state index in [2.05, 4.69) is 10.4 Å². The number of nitrogens with zero attached hydrogens (tertiary/aromatic N) is 2. The minimum absolute atomic E-state index is 0.150. The molecular formula is C9H16N4O. The van der Waals surface area contributed by atoms with Gasteiger partial charge in [-0.15, -0.1) is 0 Å². The molecular weight excluding hydrogens is 180 g/mol. The average molecular weight is 196 g/mol. The summed E-state index contributed by atoms with van der Waals surface area (Å²) in [6.45, 7) is 3.96. The fourth-order valence-electron chi connectivity index (χ4n) is 1.13. The molecule has 0 bridgehead atoms. The van der Waals surface area contributed by atoms with Crippen LogP contribution >= 0.6 is 0 Å². The Kier molecular flexibility index (Phi) is 3.11. The SMILES string of the molecule is CCC(C)NC(=O)c1c(N)cnn1C. The van der Waals surface area contributed by atoms with E-state index in [1.807, 2.05) is 13.8 Å². The van der Waals surface area contributed by atoms with Gasteiger partial charge in [0, 0.05) is 13.1 Å². The summed E-state index contributed by atoms with van der Waals surface area (Å²) >= 11 is 0. The summed E-state index contributed by atoms with van der Waals surface area (Å²) in [6, 6.07) is 0.150. The molecule has 0 aromatic carbocycles. The summed E-state index contributed by atoms with van der Waals surface area (Å²) in [5.41, 5.74) is 6.45. The molecule has 0 saturated heterocycles. The Balaban J connectivity index is 2.79. The molecule has 5 heteroatoms. The molecule has 1 heterocycles. The van der Waals surface area contributed by atoms with Gasteiger partial charge in [-0.25, -0.2) is 0 Å². The number of amides is 1. The molecule has 1 aromatic rings. The molecule has 0 spiro atoms. The Morgan fingerprint density at radius 2 is 2.43 bits per heavy atom. The van der Waals surface area contributed by atoms with Crippen molar-refractivity contribution in [2.75, 3.05) is 5.73 Å². The normalized spacial score (nSPS) is 12.5. The van der Waals surface area contributed by atoms with Crippen LogP contribution in [0, 0.1) is 0 Å². The smallest absolute Gasteiger partial charge is 0.271 e. The van der Waals surface area contributed by atoms with E-state index < -0.39 is 0 Å². The number of rotatable bonds is 3. The number of carbonyl (C=O) groups excluding carboxylic acids is 1. The van der Waals surface area contributed by atoms with Crippen molar-refractivity contribution in [1.82, 2.24) is 15.1 Å². The Labute approximate surface area is 83.3 Å². The van der Waals surface area contributed by atoms with Crippen molar-refractivity contribution in [3.8, 4) is 0 Å². The summed E-state index contributed by atoms with van der Waals surface area (Å²) in [7, 11) is 1.70. The van der Waals surface area contributed by atoms with E-state index in [1.165, 1.54) is 10.9 Å². The molecule has 5 nitrogen and oxygen atoms in total. The molecule has 0 aliphatic rings. The van der Waals surface area contributed by atoms with E-state index >= 15 is 0 Å². The van der Waals surface area contributed by atoms with Crippen LogP contribution in [0.15, 0.2) is 6.20 Å². The fourth-order valence-corrected chi connectivity index (χ4v) is 1.13. The lowest BCUT2D eigenvalue weighted by Crippen LogP contribution is -2.33. The lowest BCUT2D eigenvalue weighted by Gasteiger charge is -2.11. The van der Waals surface area contributed by atoms with Gasteiger partial charge in [0.1, 0.15) is 5.69 Å². The minimum atomic E-state index is -0.170. The second-order valence-electron chi connectivity index (χ2n) is 3.35. The highest BCUT2D eigenvalue weighted by Gasteiger charge is 2.15. The molecule has 1 aromatic heterocycles. The van der Waals surface area contributed by atoms with Gasteiger partial charge >= 0.3 is 0 Å². The topological polar surface area (TPSA) is 72.9 Å². The molecule has 3 N–H and O–H groups in total. The molecule has 0 radical (unpaired) electrons. The first-order valence-electron chi connectivity index (χ1n) is 4.64. The van der Waals surface area contributed by atoms with E-state index in [1.54, 1.807) is 7.05 Å². The van der Waals surface area contributed by atoms with Crippen LogP contribution in [-0.2, 0) is 7.05 Å². The number of anilines is 1. The third-order valence-corrected chi connectivity index (χ3v) is 2.17. The maximum Gasteiger partial charge on any atom is 0.271 e. The first kappa shape index (κ1) is 10.6. The van der Waals surface area contributed by atoms with Crippen LogP contribution in [0.1, 0.15) is 30.8 Å². The van der Waals surface area contributed by atoms with Crippen LogP contribution in [0.3, 0.4) is 0 Å². The molecule has 0 saturated carbocycles. The Bertz CT molecular complexity index is 312. The molecule has 1 rings (SSSR count). The van der Waals surface area contributed by atoms with Gasteiger partial charge in [-0.1, -0.05) is 6.92 Å². The van der Waals surface area contributed by atoms with Crippen LogP contribution < -0.4 is 11.1 Å². The molecule has 0 aliphatic carbocycles. The van der Waals surface area contributed by atoms with Gasteiger partial charge in [0.05, 0.1) is 11.9 Å². The second kappa shape index (κ2) is 4.13. The first-order valence-corrected chi connectivity index (χ1v) is 4.64. The lowest BCUT2D eigenvalue weighted by atomic mass is 10.2. The van der Waals surface area contributed by atoms with Crippen LogP contribution in [0.4, 0.5) is 5.69 Å². The third-order valence-electron chi connectivity index (χ3n) is 2.17. The highest BCUT2D eigenvalue weighted by atomic mass is 16.2. The molecule has 78 valence electrons. The summed E-state index contributed by atoms with van der Waals surface area (Å²) in [6.07, 6.45) is 2.37. The van der Waals surface area contributed by atoms with Crippen LogP contribution in [0.5, 0.6) is 0 Å². The fraction of sp³-hybridized carbons (Fsp3) is 0.556. The molecule has 1 amide bonds. The predicted molar refractivity (Wildman–Crippen MR) is 54.8 cm³/mol. The molecule has 1 atom stereocenters. The van der Waals surface area contributed by atoms with Crippen molar-refractivity contribution in [2.24, 2.45) is 7.05 Å². The monoisotopic (exact) mass is 196 g/mol. The molecule has 14 heavy (non-hydrogen) atoms. The molecule has 0 aliphatic heterocycles. The Morgan fingerprint density at radius 1 is 1.79 bits per heavy atom. The van der Waals surface area contributed by atoms with Gasteiger partial charge in [-0.05, 0) is 13.3 Å². The number of hydrogen-bond donors (Lipinski definition) is 2. The number of nitrogen functional groups attached to an aromatic ring is 1. The zero-order chi connectivity index (χ0) is 10.7. The summed E-state index contributed by atoms with van der Waals surface area (Å²) in [5.74, 6) is -0.170. The van der Waals surface area contributed by atoms with Crippen LogP contribution in [-0.4, -0.2) is 21.7 Å². The van der Waals surface area contributed by atoms with Gasteiger partial charge < -0.3 is 11.1 Å². The lowest BCUT2D eigenvalue weighted by molar-refractivity contribution is 0.0930. The van der Waals surface area contributed by atoms with E-state index in [0.717, 1.165) is 6.42 Å². The van der Waals surface area contributed by atoms with Crippen molar-refractivity contribution in [1.29, 1.82) is 0 Å². The first-order chi connectivity index (χ1) is 6.56. The number of aromatic nitrogens is 2. The minimum Gasteiger partial charge on any atom is -0.396 e. The average Bonchev–Trinajstić information content (AvgIpc) is 2.46. The van der Waals surface area contributed by atoms with Gasteiger partial charge in [-0.3, -0.25) is 9.48 Å². The van der Waals surface area contributed by atoms with E-state index in [4.69, 9.17) is 5.73 Å². The maximum atomic E-state index is 11.7. The standard InChI is InChI=1S/C9H16N4O/c1-4-6(2)12-9(14)8-7(10)5-11-13(8)3/h5-6H,4,10H2,1-3H3,(H,12,14). The van der Waals surface area contributed by atoms with E-state index in [0.29, 0.717) is 11.4 Å². The zero-order valence-electron chi connectivity index (χ0n) is 8.74. The van der Waals surface area contributed by atoms with Gasteiger partial charge in [0.25, 0.3) is 5.91 Å². The highest BCUT2D eigenvalue weighted by Crippen LogP contribution is 2.09. The Morgan fingerprint density at radius 3 is 2.86 bits per heavy atom. The van der Waals surface area contributed by atoms with E-state index in [9.17, 15) is 4.79 Å². The highest BCUT2D eigenvalue weighted by molar-refractivity contribution is 5.97. The number of nitrogens with two attached hydrogens (primary N) is 1.